The molecule has 0 N–H and O–H groups in total. The van der Waals surface area contributed by atoms with Crippen LogP contribution in [0.2, 0.25) is 0 Å². The molecule has 1 aliphatic heterocycles. The van der Waals surface area contributed by atoms with Crippen molar-refractivity contribution in [2.75, 3.05) is 19.3 Å². The van der Waals surface area contributed by atoms with E-state index in [1.807, 2.05) is 0 Å². The number of tetrazole rings is 1. The molecule has 0 aliphatic carbocycles. The van der Waals surface area contributed by atoms with Crippen molar-refractivity contribution in [2.45, 2.75) is 18.8 Å². The molecule has 2 aromatic heterocycles. The van der Waals surface area contributed by atoms with Crippen LogP contribution in [-0.4, -0.2) is 57.3 Å². The summed E-state index contributed by atoms with van der Waals surface area (Å²) in [7, 11) is -3.18. The second kappa shape index (κ2) is 7.50. The van der Waals surface area contributed by atoms with Crippen LogP contribution in [0, 0.1) is 5.82 Å². The summed E-state index contributed by atoms with van der Waals surface area (Å²) in [5.41, 5.74) is 2.90. The molecule has 31 heavy (non-hydrogen) atoms. The third kappa shape index (κ3) is 3.81. The number of rotatable bonds is 4. The number of fused-ring (bicyclic) bond motifs is 1. The lowest BCUT2D eigenvalue weighted by Crippen LogP contribution is -2.37. The van der Waals surface area contributed by atoms with Gasteiger partial charge in [-0.2, -0.15) is 0 Å². The van der Waals surface area contributed by atoms with Gasteiger partial charge in [0.1, 0.15) is 17.7 Å². The molecule has 0 amide bonds. The largest absolute Gasteiger partial charge is 0.440 e. The Morgan fingerprint density at radius 3 is 2.61 bits per heavy atom. The number of hydrogen-bond acceptors (Lipinski definition) is 7. The molecule has 3 heterocycles. The van der Waals surface area contributed by atoms with E-state index >= 15 is 0 Å². The molecule has 160 valence electrons. The molecule has 11 heteroatoms. The van der Waals surface area contributed by atoms with Crippen LogP contribution in [0.3, 0.4) is 0 Å². The monoisotopic (exact) mass is 442 g/mol. The van der Waals surface area contributed by atoms with Gasteiger partial charge in [-0.1, -0.05) is 6.07 Å². The summed E-state index contributed by atoms with van der Waals surface area (Å²) < 4.78 is 47.0. The number of benzene rings is 2. The normalized spacial score (nSPS) is 16.2. The van der Waals surface area contributed by atoms with E-state index in [9.17, 15) is 12.8 Å². The quantitative estimate of drug-likeness (QED) is 0.478. The molecule has 1 fully saturated rings. The van der Waals surface area contributed by atoms with Crippen molar-refractivity contribution in [1.82, 2.24) is 29.5 Å². The average molecular weight is 442 g/mol. The first-order valence-corrected chi connectivity index (χ1v) is 11.6. The molecule has 0 atom stereocenters. The standard InChI is InChI=1S/C20H19FN6O3S/c1-31(28,29)26-8-6-13(7-9-26)20-23-18-10-14(2-5-19(18)30-20)16-4-3-15(11-17(16)21)27-12-22-24-25-27/h2-5,10-13H,6-9H2,1H3. The van der Waals surface area contributed by atoms with Crippen LogP contribution in [-0.2, 0) is 10.0 Å². The molecule has 9 nitrogen and oxygen atoms in total. The van der Waals surface area contributed by atoms with Crippen LogP contribution >= 0.6 is 0 Å². The number of sulfonamides is 1. The Labute approximate surface area is 177 Å². The Bertz CT molecular complexity index is 1340. The SMILES string of the molecule is CS(=O)(=O)N1CCC(c2nc3cc(-c4ccc(-n5cnnn5)cc4F)ccc3o2)CC1. The molecule has 0 spiro atoms. The van der Waals surface area contributed by atoms with E-state index in [0.29, 0.717) is 59.7 Å². The Balaban J connectivity index is 1.40. The zero-order valence-corrected chi connectivity index (χ0v) is 17.5. The van der Waals surface area contributed by atoms with Gasteiger partial charge in [0.15, 0.2) is 11.5 Å². The summed E-state index contributed by atoms with van der Waals surface area (Å²) in [5, 5.41) is 10.9. The maximum Gasteiger partial charge on any atom is 0.211 e. The smallest absolute Gasteiger partial charge is 0.211 e. The summed E-state index contributed by atoms with van der Waals surface area (Å²) >= 11 is 0. The predicted molar refractivity (Wildman–Crippen MR) is 111 cm³/mol. The first-order chi connectivity index (χ1) is 14.9. The van der Waals surface area contributed by atoms with Gasteiger partial charge in [0, 0.05) is 30.6 Å². The first-order valence-electron chi connectivity index (χ1n) is 9.77. The second-order valence-electron chi connectivity index (χ2n) is 7.59. The van der Waals surface area contributed by atoms with Crippen molar-refractivity contribution < 1.29 is 17.2 Å². The molecule has 4 aromatic rings. The van der Waals surface area contributed by atoms with E-state index in [4.69, 9.17) is 4.42 Å². The van der Waals surface area contributed by atoms with Gasteiger partial charge in [-0.25, -0.2) is 26.8 Å². The summed E-state index contributed by atoms with van der Waals surface area (Å²) in [6, 6.07) is 10.2. The zero-order chi connectivity index (χ0) is 21.6. The fourth-order valence-corrected chi connectivity index (χ4v) is 4.76. The fourth-order valence-electron chi connectivity index (χ4n) is 3.88. The van der Waals surface area contributed by atoms with Crippen molar-refractivity contribution >= 4 is 21.1 Å². The van der Waals surface area contributed by atoms with Crippen LogP contribution < -0.4 is 0 Å². The lowest BCUT2D eigenvalue weighted by atomic mass is 9.98. The molecule has 0 bridgehead atoms. The molecular formula is C20H19FN6O3S. The van der Waals surface area contributed by atoms with Crippen LogP contribution in [0.25, 0.3) is 27.9 Å². The minimum atomic E-state index is -3.18. The van der Waals surface area contributed by atoms with Crippen molar-refractivity contribution in [3.8, 4) is 16.8 Å². The fraction of sp³-hybridized carbons (Fsp3) is 0.300. The van der Waals surface area contributed by atoms with E-state index in [-0.39, 0.29) is 5.92 Å². The first kappa shape index (κ1) is 19.8. The predicted octanol–water partition coefficient (Wildman–Crippen LogP) is 2.75. The molecule has 1 saturated heterocycles. The molecule has 0 unspecified atom stereocenters. The van der Waals surface area contributed by atoms with Gasteiger partial charge in [-0.15, -0.1) is 5.10 Å². The molecule has 2 aromatic carbocycles. The Morgan fingerprint density at radius 2 is 1.94 bits per heavy atom. The van der Waals surface area contributed by atoms with E-state index < -0.39 is 15.8 Å². The highest BCUT2D eigenvalue weighted by Gasteiger charge is 2.28. The van der Waals surface area contributed by atoms with E-state index in [0.717, 1.165) is 0 Å². The van der Waals surface area contributed by atoms with Crippen LogP contribution in [0.15, 0.2) is 47.1 Å². The van der Waals surface area contributed by atoms with Gasteiger partial charge in [0.05, 0.1) is 11.9 Å². The number of piperidine rings is 1. The van der Waals surface area contributed by atoms with Crippen LogP contribution in [0.4, 0.5) is 4.39 Å². The molecular weight excluding hydrogens is 423 g/mol. The van der Waals surface area contributed by atoms with Gasteiger partial charge in [0.25, 0.3) is 0 Å². The number of oxazole rings is 1. The van der Waals surface area contributed by atoms with Crippen molar-refractivity contribution in [3.63, 3.8) is 0 Å². The number of nitrogens with zero attached hydrogens (tertiary/aromatic N) is 6. The lowest BCUT2D eigenvalue weighted by Gasteiger charge is -2.28. The molecule has 0 radical (unpaired) electrons. The second-order valence-corrected chi connectivity index (χ2v) is 9.57. The van der Waals surface area contributed by atoms with Gasteiger partial charge < -0.3 is 4.42 Å². The summed E-state index contributed by atoms with van der Waals surface area (Å²) in [6.45, 7) is 0.901. The number of hydrogen-bond donors (Lipinski definition) is 0. The highest BCUT2D eigenvalue weighted by Crippen LogP contribution is 2.33. The Hall–Kier alpha value is -3.18. The highest BCUT2D eigenvalue weighted by atomic mass is 32.2. The topological polar surface area (TPSA) is 107 Å². The molecule has 1 aliphatic rings. The van der Waals surface area contributed by atoms with E-state index in [1.54, 1.807) is 30.3 Å². The Morgan fingerprint density at radius 1 is 1.13 bits per heavy atom. The third-order valence-corrected chi connectivity index (χ3v) is 6.86. The summed E-state index contributed by atoms with van der Waals surface area (Å²) in [4.78, 5) is 4.61. The minimum Gasteiger partial charge on any atom is -0.440 e. The summed E-state index contributed by atoms with van der Waals surface area (Å²) in [5.74, 6) is 0.250. The highest BCUT2D eigenvalue weighted by molar-refractivity contribution is 7.88. The molecule has 0 saturated carbocycles. The van der Waals surface area contributed by atoms with Crippen LogP contribution in [0.5, 0.6) is 0 Å². The van der Waals surface area contributed by atoms with E-state index in [1.165, 1.54) is 27.6 Å². The van der Waals surface area contributed by atoms with Gasteiger partial charge in [-0.05, 0) is 53.1 Å². The van der Waals surface area contributed by atoms with Crippen molar-refractivity contribution in [3.05, 3.63) is 54.4 Å². The van der Waals surface area contributed by atoms with Gasteiger partial charge in [-0.3, -0.25) is 0 Å². The van der Waals surface area contributed by atoms with Crippen molar-refractivity contribution in [2.24, 2.45) is 0 Å². The maximum atomic E-state index is 14.8. The number of halogens is 1. The number of aromatic nitrogens is 5. The minimum absolute atomic E-state index is 0.0566. The van der Waals surface area contributed by atoms with E-state index in [2.05, 4.69) is 20.5 Å². The molecule has 5 rings (SSSR count). The van der Waals surface area contributed by atoms with Gasteiger partial charge in [0.2, 0.25) is 10.0 Å². The van der Waals surface area contributed by atoms with Crippen LogP contribution in [0.1, 0.15) is 24.7 Å². The zero-order valence-electron chi connectivity index (χ0n) is 16.6. The average Bonchev–Trinajstić information content (AvgIpc) is 3.43. The van der Waals surface area contributed by atoms with Gasteiger partial charge >= 0.3 is 0 Å². The Kier molecular flexibility index (Phi) is 4.78. The van der Waals surface area contributed by atoms with Crippen molar-refractivity contribution in [1.29, 1.82) is 0 Å². The third-order valence-electron chi connectivity index (χ3n) is 5.55. The maximum absolute atomic E-state index is 14.8. The summed E-state index contributed by atoms with van der Waals surface area (Å²) in [6.07, 6.45) is 3.93. The lowest BCUT2D eigenvalue weighted by molar-refractivity contribution is 0.295.